The minimum Gasteiger partial charge on any atom is -0.326 e. The number of thioether (sulfide) groups is 1. The highest BCUT2D eigenvalue weighted by atomic mass is 32.2. The highest BCUT2D eigenvalue weighted by molar-refractivity contribution is 8.00. The van der Waals surface area contributed by atoms with E-state index in [9.17, 15) is 14.4 Å². The quantitative estimate of drug-likeness (QED) is 0.719. The van der Waals surface area contributed by atoms with Crippen LogP contribution in [-0.4, -0.2) is 29.3 Å². The summed E-state index contributed by atoms with van der Waals surface area (Å²) in [6.07, 6.45) is 2.00. The molecule has 1 fully saturated rings. The highest BCUT2D eigenvalue weighted by Crippen LogP contribution is 2.30. The molecule has 1 aliphatic heterocycles. The molecule has 0 atom stereocenters. The number of amides is 3. The summed E-state index contributed by atoms with van der Waals surface area (Å²) in [5, 5.41) is 11.1. The van der Waals surface area contributed by atoms with Gasteiger partial charge >= 0.3 is 0 Å². The molecule has 0 saturated heterocycles. The molecule has 148 valence electrons. The Bertz CT molecular complexity index is 956. The van der Waals surface area contributed by atoms with Gasteiger partial charge in [0.1, 0.15) is 5.84 Å². The van der Waals surface area contributed by atoms with Crippen LogP contribution in [0, 0.1) is 5.92 Å². The van der Waals surface area contributed by atoms with Gasteiger partial charge < -0.3 is 10.6 Å². The maximum atomic E-state index is 12.2. The number of para-hydroxylation sites is 1. The molecule has 2 N–H and O–H groups in total. The molecule has 2 aliphatic rings. The summed E-state index contributed by atoms with van der Waals surface area (Å²) in [5.74, 6) is 0.386. The van der Waals surface area contributed by atoms with Gasteiger partial charge in [0, 0.05) is 16.5 Å². The Morgan fingerprint density at radius 1 is 1.03 bits per heavy atom. The molecule has 3 amide bonds. The summed E-state index contributed by atoms with van der Waals surface area (Å²) in [7, 11) is 0. The van der Waals surface area contributed by atoms with E-state index in [1.165, 1.54) is 16.8 Å². The lowest BCUT2D eigenvalue weighted by molar-refractivity contribution is -0.118. The Morgan fingerprint density at radius 3 is 2.45 bits per heavy atom. The molecule has 0 aromatic heterocycles. The van der Waals surface area contributed by atoms with E-state index in [-0.39, 0.29) is 35.8 Å². The standard InChI is InChI=1S/C21H20N4O3S/c26-19(23-18-12-20(27)25(24-18)16-4-2-1-3-5-16)13-29-17-10-8-15(9-11-17)22-21(28)14-6-7-14/h1-5,8-11,14H,6-7,12-13H2,(H,22,28)(H,23,24,26). The average Bonchev–Trinajstić information content (AvgIpc) is 3.52. The second-order valence-corrected chi connectivity index (χ2v) is 7.94. The predicted molar refractivity (Wildman–Crippen MR) is 113 cm³/mol. The molecule has 2 aromatic rings. The van der Waals surface area contributed by atoms with Crippen molar-refractivity contribution in [2.45, 2.75) is 24.2 Å². The largest absolute Gasteiger partial charge is 0.326 e. The fourth-order valence-corrected chi connectivity index (χ4v) is 3.54. The van der Waals surface area contributed by atoms with Crippen molar-refractivity contribution < 1.29 is 14.4 Å². The van der Waals surface area contributed by atoms with Gasteiger partial charge in [0.15, 0.2) is 0 Å². The molecule has 0 radical (unpaired) electrons. The monoisotopic (exact) mass is 408 g/mol. The van der Waals surface area contributed by atoms with E-state index in [1.807, 2.05) is 42.5 Å². The number of nitrogens with one attached hydrogen (secondary N) is 2. The smallest absolute Gasteiger partial charge is 0.255 e. The Balaban J connectivity index is 1.26. The van der Waals surface area contributed by atoms with Crippen molar-refractivity contribution in [2.24, 2.45) is 11.0 Å². The zero-order chi connectivity index (χ0) is 20.2. The zero-order valence-electron chi connectivity index (χ0n) is 15.6. The normalized spacial score (nSPS) is 15.8. The van der Waals surface area contributed by atoms with Crippen LogP contribution in [0.4, 0.5) is 11.4 Å². The van der Waals surface area contributed by atoms with Crippen LogP contribution in [0.2, 0.25) is 0 Å². The highest BCUT2D eigenvalue weighted by Gasteiger charge is 2.29. The van der Waals surface area contributed by atoms with Crippen molar-refractivity contribution in [3.8, 4) is 0 Å². The van der Waals surface area contributed by atoms with Gasteiger partial charge in [0.25, 0.3) is 5.91 Å². The molecule has 0 unspecified atom stereocenters. The lowest BCUT2D eigenvalue weighted by atomic mass is 10.3. The number of anilines is 2. The van der Waals surface area contributed by atoms with Crippen molar-refractivity contribution >= 4 is 46.7 Å². The van der Waals surface area contributed by atoms with Crippen LogP contribution in [0.5, 0.6) is 0 Å². The lowest BCUT2D eigenvalue weighted by Gasteiger charge is -2.10. The van der Waals surface area contributed by atoms with Gasteiger partial charge in [-0.25, -0.2) is 0 Å². The molecular weight excluding hydrogens is 388 g/mol. The zero-order valence-corrected chi connectivity index (χ0v) is 16.4. The summed E-state index contributed by atoms with van der Waals surface area (Å²) in [5.41, 5.74) is 1.43. The van der Waals surface area contributed by atoms with Crippen LogP contribution < -0.4 is 15.6 Å². The number of hydrogen-bond donors (Lipinski definition) is 2. The summed E-state index contributed by atoms with van der Waals surface area (Å²) in [6, 6.07) is 16.5. The Labute approximate surface area is 172 Å². The van der Waals surface area contributed by atoms with Crippen LogP contribution >= 0.6 is 11.8 Å². The lowest BCUT2D eigenvalue weighted by Crippen LogP contribution is -2.31. The number of hydrazone groups is 1. The molecular formula is C21H20N4O3S. The SMILES string of the molecule is O=C(CSc1ccc(NC(=O)C2CC2)cc1)NC1=NN(c2ccccc2)C(=O)C1. The van der Waals surface area contributed by atoms with Crippen LogP contribution in [-0.2, 0) is 14.4 Å². The van der Waals surface area contributed by atoms with Crippen molar-refractivity contribution in [2.75, 3.05) is 16.1 Å². The Morgan fingerprint density at radius 2 is 1.76 bits per heavy atom. The average molecular weight is 408 g/mol. The first-order valence-electron chi connectivity index (χ1n) is 9.37. The first kappa shape index (κ1) is 19.2. The number of carbonyl (C=O) groups is 3. The summed E-state index contributed by atoms with van der Waals surface area (Å²) in [4.78, 5) is 37.0. The van der Waals surface area contributed by atoms with Crippen molar-refractivity contribution in [3.05, 3.63) is 54.6 Å². The third kappa shape index (κ3) is 5.03. The van der Waals surface area contributed by atoms with Crippen molar-refractivity contribution in [1.29, 1.82) is 0 Å². The molecule has 4 rings (SSSR count). The molecule has 1 heterocycles. The van der Waals surface area contributed by atoms with Gasteiger partial charge in [0.05, 0.1) is 17.9 Å². The van der Waals surface area contributed by atoms with Crippen LogP contribution in [0.15, 0.2) is 64.6 Å². The van der Waals surface area contributed by atoms with Crippen LogP contribution in [0.25, 0.3) is 0 Å². The summed E-state index contributed by atoms with van der Waals surface area (Å²) < 4.78 is 0. The van der Waals surface area contributed by atoms with Gasteiger partial charge in [-0.2, -0.15) is 10.1 Å². The van der Waals surface area contributed by atoms with E-state index >= 15 is 0 Å². The number of rotatable bonds is 6. The first-order valence-corrected chi connectivity index (χ1v) is 10.4. The third-order valence-corrected chi connectivity index (χ3v) is 5.51. The van der Waals surface area contributed by atoms with Gasteiger partial charge in [-0.05, 0) is 49.2 Å². The number of carbonyl (C=O) groups excluding carboxylic acids is 3. The van der Waals surface area contributed by atoms with Crippen molar-refractivity contribution in [3.63, 3.8) is 0 Å². The predicted octanol–water partition coefficient (Wildman–Crippen LogP) is 2.99. The minimum atomic E-state index is -0.220. The van der Waals surface area contributed by atoms with Gasteiger partial charge in [-0.15, -0.1) is 11.8 Å². The summed E-state index contributed by atoms with van der Waals surface area (Å²) >= 11 is 1.38. The van der Waals surface area contributed by atoms with Gasteiger partial charge in [-0.1, -0.05) is 18.2 Å². The van der Waals surface area contributed by atoms with Crippen LogP contribution in [0.3, 0.4) is 0 Å². The second kappa shape index (κ2) is 8.48. The van der Waals surface area contributed by atoms with Crippen LogP contribution in [0.1, 0.15) is 19.3 Å². The number of hydrogen-bond acceptors (Lipinski definition) is 5. The molecule has 0 bridgehead atoms. The maximum Gasteiger partial charge on any atom is 0.255 e. The van der Waals surface area contributed by atoms with E-state index < -0.39 is 0 Å². The molecule has 8 heteroatoms. The molecule has 1 saturated carbocycles. The van der Waals surface area contributed by atoms with E-state index in [4.69, 9.17) is 0 Å². The number of amidine groups is 1. The van der Waals surface area contributed by atoms with E-state index in [2.05, 4.69) is 15.7 Å². The van der Waals surface area contributed by atoms with Crippen molar-refractivity contribution in [1.82, 2.24) is 5.32 Å². The van der Waals surface area contributed by atoms with E-state index in [0.717, 1.165) is 23.4 Å². The maximum absolute atomic E-state index is 12.2. The van der Waals surface area contributed by atoms with Gasteiger partial charge in [-0.3, -0.25) is 14.4 Å². The van der Waals surface area contributed by atoms with E-state index in [0.29, 0.717) is 11.5 Å². The molecule has 1 aliphatic carbocycles. The Hall–Kier alpha value is -3.13. The number of benzene rings is 2. The summed E-state index contributed by atoms with van der Waals surface area (Å²) in [6.45, 7) is 0. The third-order valence-electron chi connectivity index (χ3n) is 4.50. The van der Waals surface area contributed by atoms with Gasteiger partial charge in [0.2, 0.25) is 11.8 Å². The molecule has 2 aromatic carbocycles. The molecule has 29 heavy (non-hydrogen) atoms. The first-order chi connectivity index (χ1) is 14.1. The topological polar surface area (TPSA) is 90.9 Å². The minimum absolute atomic E-state index is 0.0701. The Kier molecular flexibility index (Phi) is 5.62. The van der Waals surface area contributed by atoms with E-state index in [1.54, 1.807) is 12.1 Å². The molecule has 7 nitrogen and oxygen atoms in total. The number of nitrogens with zero attached hydrogens (tertiary/aromatic N) is 2. The fraction of sp³-hybridized carbons (Fsp3) is 0.238. The molecule has 0 spiro atoms. The fourth-order valence-electron chi connectivity index (χ4n) is 2.84. The second-order valence-electron chi connectivity index (χ2n) is 6.89.